The fourth-order valence-corrected chi connectivity index (χ4v) is 1.02. The topological polar surface area (TPSA) is 60.1 Å². The highest BCUT2D eigenvalue weighted by molar-refractivity contribution is 5.81. The Morgan fingerprint density at radius 2 is 2.18 bits per heavy atom. The third-order valence-corrected chi connectivity index (χ3v) is 1.64. The van der Waals surface area contributed by atoms with E-state index in [0.717, 1.165) is 13.1 Å². The molecule has 0 radical (unpaired) electrons. The average molecular weight is 153 g/mol. The molecule has 60 valence electrons. The molecule has 11 heavy (non-hydrogen) atoms. The Morgan fingerprint density at radius 3 is 2.73 bits per heavy atom. The maximum absolute atomic E-state index is 8.32. The molecule has 4 heteroatoms. The summed E-state index contributed by atoms with van der Waals surface area (Å²) in [6.45, 7) is 2.85. The third-order valence-electron chi connectivity index (χ3n) is 1.64. The molecule has 0 aliphatic carbocycles. The number of hydrogen-bond donors (Lipinski definition) is 1. The predicted molar refractivity (Wildman–Crippen MR) is 40.3 cm³/mol. The summed E-state index contributed by atoms with van der Waals surface area (Å²) < 4.78 is 5.11. The first-order valence-corrected chi connectivity index (χ1v) is 3.61. The molecular formula is C7H11N3O. The maximum Gasteiger partial charge on any atom is 0.110 e. The SMILES string of the molecule is N#CCC(=N)N1CCOCC1. The van der Waals surface area contributed by atoms with Crippen LogP contribution >= 0.6 is 0 Å². The van der Waals surface area contributed by atoms with Gasteiger partial charge in [0.25, 0.3) is 0 Å². The first kappa shape index (κ1) is 8.02. The molecule has 0 bridgehead atoms. The molecule has 1 rings (SSSR count). The molecule has 1 N–H and O–H groups in total. The van der Waals surface area contributed by atoms with Crippen molar-refractivity contribution in [2.24, 2.45) is 0 Å². The van der Waals surface area contributed by atoms with Gasteiger partial charge in [-0.05, 0) is 0 Å². The lowest BCUT2D eigenvalue weighted by Gasteiger charge is -2.27. The quantitative estimate of drug-likeness (QED) is 0.432. The first-order chi connectivity index (χ1) is 5.34. The van der Waals surface area contributed by atoms with Gasteiger partial charge in [0, 0.05) is 13.1 Å². The van der Waals surface area contributed by atoms with Gasteiger partial charge in [-0.2, -0.15) is 5.26 Å². The summed E-state index contributed by atoms with van der Waals surface area (Å²) in [6.07, 6.45) is 0.208. The zero-order valence-corrected chi connectivity index (χ0v) is 6.34. The zero-order valence-electron chi connectivity index (χ0n) is 6.34. The van der Waals surface area contributed by atoms with Gasteiger partial charge < -0.3 is 9.64 Å². The molecular weight excluding hydrogens is 142 g/mol. The molecule has 1 aliphatic rings. The largest absolute Gasteiger partial charge is 0.378 e. The molecule has 0 amide bonds. The second-order valence-electron chi connectivity index (χ2n) is 2.38. The summed E-state index contributed by atoms with van der Waals surface area (Å²) in [5.41, 5.74) is 0. The number of nitriles is 1. The molecule has 1 heterocycles. The molecule has 0 aromatic heterocycles. The van der Waals surface area contributed by atoms with Crippen LogP contribution in [0.1, 0.15) is 6.42 Å². The van der Waals surface area contributed by atoms with E-state index in [-0.39, 0.29) is 6.42 Å². The highest BCUT2D eigenvalue weighted by Crippen LogP contribution is 1.99. The van der Waals surface area contributed by atoms with Crippen molar-refractivity contribution in [3.05, 3.63) is 0 Å². The van der Waals surface area contributed by atoms with E-state index in [2.05, 4.69) is 0 Å². The van der Waals surface area contributed by atoms with Crippen molar-refractivity contribution in [2.45, 2.75) is 6.42 Å². The van der Waals surface area contributed by atoms with Crippen molar-refractivity contribution in [1.82, 2.24) is 4.90 Å². The molecule has 1 saturated heterocycles. The smallest absolute Gasteiger partial charge is 0.110 e. The highest BCUT2D eigenvalue weighted by Gasteiger charge is 2.12. The summed E-state index contributed by atoms with van der Waals surface area (Å²) in [5.74, 6) is 0.413. The van der Waals surface area contributed by atoms with E-state index in [1.54, 1.807) is 0 Å². The Balaban J connectivity index is 2.34. The lowest BCUT2D eigenvalue weighted by Crippen LogP contribution is -2.40. The van der Waals surface area contributed by atoms with E-state index in [1.165, 1.54) is 0 Å². The van der Waals surface area contributed by atoms with Gasteiger partial charge in [-0.1, -0.05) is 0 Å². The number of nitrogens with one attached hydrogen (secondary N) is 1. The Morgan fingerprint density at radius 1 is 1.55 bits per heavy atom. The number of rotatable bonds is 1. The summed E-state index contributed by atoms with van der Waals surface area (Å²) in [5, 5.41) is 15.7. The monoisotopic (exact) mass is 153 g/mol. The van der Waals surface area contributed by atoms with Crippen molar-refractivity contribution in [3.63, 3.8) is 0 Å². The minimum Gasteiger partial charge on any atom is -0.378 e. The summed E-state index contributed by atoms with van der Waals surface area (Å²) in [4.78, 5) is 1.88. The van der Waals surface area contributed by atoms with Crippen LogP contribution in [0.25, 0.3) is 0 Å². The van der Waals surface area contributed by atoms with E-state index < -0.39 is 0 Å². The van der Waals surface area contributed by atoms with Crippen molar-refractivity contribution in [1.29, 1.82) is 10.7 Å². The van der Waals surface area contributed by atoms with Gasteiger partial charge in [-0.3, -0.25) is 5.41 Å². The van der Waals surface area contributed by atoms with Crippen LogP contribution in [-0.4, -0.2) is 37.0 Å². The van der Waals surface area contributed by atoms with Gasteiger partial charge in [0.2, 0.25) is 0 Å². The molecule has 0 atom stereocenters. The van der Waals surface area contributed by atoms with Gasteiger partial charge in [-0.15, -0.1) is 0 Å². The van der Waals surface area contributed by atoms with Gasteiger partial charge in [-0.25, -0.2) is 0 Å². The second-order valence-corrected chi connectivity index (χ2v) is 2.38. The minimum absolute atomic E-state index is 0.208. The van der Waals surface area contributed by atoms with Crippen LogP contribution in [0.5, 0.6) is 0 Å². The lowest BCUT2D eigenvalue weighted by atomic mass is 10.3. The second kappa shape index (κ2) is 3.94. The van der Waals surface area contributed by atoms with Crippen LogP contribution < -0.4 is 0 Å². The molecule has 1 aliphatic heterocycles. The first-order valence-electron chi connectivity index (χ1n) is 3.61. The molecule has 0 saturated carbocycles. The number of hydrogen-bond acceptors (Lipinski definition) is 3. The standard InChI is InChI=1S/C7H11N3O/c8-2-1-7(9)10-3-5-11-6-4-10/h9H,1,3-6H2. The maximum atomic E-state index is 8.32. The fraction of sp³-hybridized carbons (Fsp3) is 0.714. The zero-order chi connectivity index (χ0) is 8.10. The molecule has 0 unspecified atom stereocenters. The third kappa shape index (κ3) is 2.20. The Labute approximate surface area is 65.9 Å². The van der Waals surface area contributed by atoms with Gasteiger partial charge in [0.15, 0.2) is 0 Å². The minimum atomic E-state index is 0.208. The van der Waals surface area contributed by atoms with Crippen LogP contribution in [0, 0.1) is 16.7 Å². The summed E-state index contributed by atoms with van der Waals surface area (Å²) in [7, 11) is 0. The van der Waals surface area contributed by atoms with Gasteiger partial charge in [0.05, 0.1) is 25.7 Å². The lowest BCUT2D eigenvalue weighted by molar-refractivity contribution is 0.0671. The summed E-state index contributed by atoms with van der Waals surface area (Å²) >= 11 is 0. The van der Waals surface area contributed by atoms with Crippen molar-refractivity contribution < 1.29 is 4.74 Å². The number of ether oxygens (including phenoxy) is 1. The molecule has 0 aromatic rings. The van der Waals surface area contributed by atoms with Crippen molar-refractivity contribution in [2.75, 3.05) is 26.3 Å². The molecule has 0 spiro atoms. The Hall–Kier alpha value is -1.08. The Bertz CT molecular complexity index is 179. The fourth-order valence-electron chi connectivity index (χ4n) is 1.02. The molecule has 4 nitrogen and oxygen atoms in total. The average Bonchev–Trinajstić information content (AvgIpc) is 2.07. The predicted octanol–water partition coefficient (Wildman–Crippen LogP) is 0.210. The summed E-state index contributed by atoms with van der Waals surface area (Å²) in [6, 6.07) is 1.96. The Kier molecular flexibility index (Phi) is 2.87. The van der Waals surface area contributed by atoms with Crippen LogP contribution in [0.4, 0.5) is 0 Å². The van der Waals surface area contributed by atoms with Crippen molar-refractivity contribution in [3.8, 4) is 6.07 Å². The van der Waals surface area contributed by atoms with E-state index in [1.807, 2.05) is 11.0 Å². The van der Waals surface area contributed by atoms with Crippen molar-refractivity contribution >= 4 is 5.84 Å². The number of morpholine rings is 1. The number of amidine groups is 1. The van der Waals surface area contributed by atoms with Crippen LogP contribution in [0.3, 0.4) is 0 Å². The van der Waals surface area contributed by atoms with E-state index >= 15 is 0 Å². The van der Waals surface area contributed by atoms with E-state index in [4.69, 9.17) is 15.4 Å². The van der Waals surface area contributed by atoms with E-state index in [9.17, 15) is 0 Å². The van der Waals surface area contributed by atoms with Crippen LogP contribution in [-0.2, 0) is 4.74 Å². The molecule has 1 fully saturated rings. The van der Waals surface area contributed by atoms with Gasteiger partial charge in [0.1, 0.15) is 5.84 Å². The highest BCUT2D eigenvalue weighted by atomic mass is 16.5. The van der Waals surface area contributed by atoms with Crippen LogP contribution in [0.15, 0.2) is 0 Å². The van der Waals surface area contributed by atoms with Gasteiger partial charge >= 0.3 is 0 Å². The molecule has 0 aromatic carbocycles. The number of nitrogens with zero attached hydrogens (tertiary/aromatic N) is 2. The van der Waals surface area contributed by atoms with E-state index in [0.29, 0.717) is 19.0 Å². The van der Waals surface area contributed by atoms with Crippen LogP contribution in [0.2, 0.25) is 0 Å². The normalized spacial score (nSPS) is 17.5.